The molecule has 0 atom stereocenters. The molecule has 2 aliphatic rings. The smallest absolute Gasteiger partial charge is 0.227 e. The number of hydrogen-bond acceptors (Lipinski definition) is 3. The molecule has 0 radical (unpaired) electrons. The zero-order chi connectivity index (χ0) is 20.5. The number of guanidine groups is 1. The average molecular weight is 527 g/mol. The van der Waals surface area contributed by atoms with Crippen LogP contribution in [-0.4, -0.2) is 44.0 Å². The van der Waals surface area contributed by atoms with Gasteiger partial charge in [0.15, 0.2) is 5.96 Å². The second kappa shape index (κ2) is 12.8. The maximum Gasteiger partial charge on any atom is 0.227 e. The van der Waals surface area contributed by atoms with Gasteiger partial charge in [-0.1, -0.05) is 31.4 Å². The Morgan fingerprint density at radius 1 is 1.10 bits per heavy atom. The number of carbonyl (C=O) groups is 2. The number of rotatable bonds is 7. The van der Waals surface area contributed by atoms with Crippen LogP contribution in [0.2, 0.25) is 0 Å². The van der Waals surface area contributed by atoms with E-state index in [9.17, 15) is 9.59 Å². The van der Waals surface area contributed by atoms with Crippen LogP contribution in [0.15, 0.2) is 29.3 Å². The third-order valence-corrected chi connectivity index (χ3v) is 5.62. The Hall–Kier alpha value is -1.84. The molecule has 1 aliphatic heterocycles. The van der Waals surface area contributed by atoms with Crippen LogP contribution >= 0.6 is 24.0 Å². The molecule has 0 spiro atoms. The zero-order valence-corrected chi connectivity index (χ0v) is 20.1. The van der Waals surface area contributed by atoms with Crippen LogP contribution in [-0.2, 0) is 16.1 Å². The summed E-state index contributed by atoms with van der Waals surface area (Å²) < 4.78 is 0. The lowest BCUT2D eigenvalue weighted by atomic mass is 9.95. The van der Waals surface area contributed by atoms with Gasteiger partial charge in [-0.3, -0.25) is 14.6 Å². The summed E-state index contributed by atoms with van der Waals surface area (Å²) in [7, 11) is 1.72. The monoisotopic (exact) mass is 527 g/mol. The highest BCUT2D eigenvalue weighted by Gasteiger charge is 2.21. The molecule has 1 aliphatic carbocycles. The van der Waals surface area contributed by atoms with Crippen molar-refractivity contribution >= 4 is 47.4 Å². The van der Waals surface area contributed by atoms with Crippen LogP contribution in [0.1, 0.15) is 56.9 Å². The van der Waals surface area contributed by atoms with Gasteiger partial charge in [0.1, 0.15) is 0 Å². The maximum absolute atomic E-state index is 12.1. The highest BCUT2D eigenvalue weighted by Crippen LogP contribution is 2.21. The predicted octanol–water partition coefficient (Wildman–Crippen LogP) is 2.94. The fourth-order valence-electron chi connectivity index (χ4n) is 3.96. The molecule has 1 heterocycles. The summed E-state index contributed by atoms with van der Waals surface area (Å²) in [5.74, 6) is 0.981. The van der Waals surface area contributed by atoms with Crippen LogP contribution < -0.4 is 20.9 Å². The van der Waals surface area contributed by atoms with E-state index < -0.39 is 0 Å². The number of nitrogens with zero attached hydrogens (tertiary/aromatic N) is 2. The van der Waals surface area contributed by atoms with Crippen LogP contribution in [0, 0.1) is 0 Å². The summed E-state index contributed by atoms with van der Waals surface area (Å²) in [6.45, 7) is 1.98. The van der Waals surface area contributed by atoms with Gasteiger partial charge in [-0.2, -0.15) is 0 Å². The SMILES string of the molecule is CN=C(NCCC(=O)NC1CCCCC1)NCc1ccc(N2CCCC2=O)cc1.I. The Balaban J connectivity index is 0.00000320. The zero-order valence-electron chi connectivity index (χ0n) is 17.8. The van der Waals surface area contributed by atoms with Gasteiger partial charge >= 0.3 is 0 Å². The minimum absolute atomic E-state index is 0. The Morgan fingerprint density at radius 2 is 1.83 bits per heavy atom. The largest absolute Gasteiger partial charge is 0.356 e. The third kappa shape index (κ3) is 7.45. The molecular weight excluding hydrogens is 493 g/mol. The van der Waals surface area contributed by atoms with Gasteiger partial charge in [0.25, 0.3) is 0 Å². The van der Waals surface area contributed by atoms with E-state index in [2.05, 4.69) is 20.9 Å². The maximum atomic E-state index is 12.1. The fourth-order valence-corrected chi connectivity index (χ4v) is 3.96. The molecule has 1 saturated carbocycles. The Bertz CT molecular complexity index is 717. The van der Waals surface area contributed by atoms with E-state index in [1.807, 2.05) is 29.2 Å². The molecule has 0 aromatic heterocycles. The van der Waals surface area contributed by atoms with Crippen molar-refractivity contribution in [1.82, 2.24) is 16.0 Å². The molecule has 30 heavy (non-hydrogen) atoms. The van der Waals surface area contributed by atoms with E-state index in [0.717, 1.165) is 37.1 Å². The molecule has 0 unspecified atom stereocenters. The van der Waals surface area contributed by atoms with Crippen molar-refractivity contribution in [3.63, 3.8) is 0 Å². The van der Waals surface area contributed by atoms with E-state index in [1.54, 1.807) is 7.05 Å². The summed E-state index contributed by atoms with van der Waals surface area (Å²) >= 11 is 0. The topological polar surface area (TPSA) is 85.8 Å². The molecule has 1 saturated heterocycles. The lowest BCUT2D eigenvalue weighted by Gasteiger charge is -2.22. The molecule has 1 aromatic carbocycles. The Labute approximate surface area is 196 Å². The van der Waals surface area contributed by atoms with Crippen LogP contribution in [0.4, 0.5) is 5.69 Å². The minimum Gasteiger partial charge on any atom is -0.356 e. The number of aliphatic imine (C=N–C) groups is 1. The number of carbonyl (C=O) groups excluding carboxylic acids is 2. The quantitative estimate of drug-likeness (QED) is 0.289. The van der Waals surface area contributed by atoms with Crippen LogP contribution in [0.5, 0.6) is 0 Å². The molecule has 166 valence electrons. The van der Waals surface area contributed by atoms with Gasteiger partial charge in [0.2, 0.25) is 11.8 Å². The van der Waals surface area contributed by atoms with Gasteiger partial charge in [-0.15, -0.1) is 24.0 Å². The second-order valence-corrected chi connectivity index (χ2v) is 7.82. The van der Waals surface area contributed by atoms with Crippen molar-refractivity contribution in [1.29, 1.82) is 0 Å². The Kier molecular flexibility index (Phi) is 10.4. The van der Waals surface area contributed by atoms with E-state index >= 15 is 0 Å². The van der Waals surface area contributed by atoms with E-state index in [4.69, 9.17) is 0 Å². The summed E-state index contributed by atoms with van der Waals surface area (Å²) in [5.41, 5.74) is 2.07. The summed E-state index contributed by atoms with van der Waals surface area (Å²) in [6.07, 6.45) is 7.95. The number of benzene rings is 1. The number of halogens is 1. The van der Waals surface area contributed by atoms with Crippen molar-refractivity contribution in [2.75, 3.05) is 25.0 Å². The summed E-state index contributed by atoms with van der Waals surface area (Å²) in [6, 6.07) is 8.39. The Morgan fingerprint density at radius 3 is 2.47 bits per heavy atom. The van der Waals surface area contributed by atoms with Crippen molar-refractivity contribution in [3.05, 3.63) is 29.8 Å². The van der Waals surface area contributed by atoms with Crippen LogP contribution in [0.3, 0.4) is 0 Å². The van der Waals surface area contributed by atoms with Gasteiger partial charge in [-0.25, -0.2) is 0 Å². The first-order chi connectivity index (χ1) is 14.2. The van der Waals surface area contributed by atoms with Gasteiger partial charge in [-0.05, 0) is 37.0 Å². The summed E-state index contributed by atoms with van der Waals surface area (Å²) in [5, 5.41) is 9.59. The average Bonchev–Trinajstić information content (AvgIpc) is 3.17. The first kappa shape index (κ1) is 24.4. The minimum atomic E-state index is 0. The van der Waals surface area contributed by atoms with Gasteiger partial charge < -0.3 is 20.9 Å². The number of anilines is 1. The van der Waals surface area contributed by atoms with Crippen molar-refractivity contribution in [2.45, 2.75) is 64.0 Å². The highest BCUT2D eigenvalue weighted by atomic mass is 127. The molecule has 3 N–H and O–H groups in total. The molecule has 1 aromatic rings. The van der Waals surface area contributed by atoms with E-state index in [1.165, 1.54) is 19.3 Å². The van der Waals surface area contributed by atoms with Crippen molar-refractivity contribution in [2.24, 2.45) is 4.99 Å². The number of nitrogens with one attached hydrogen (secondary N) is 3. The number of hydrogen-bond donors (Lipinski definition) is 3. The molecule has 8 heteroatoms. The molecule has 7 nitrogen and oxygen atoms in total. The molecule has 2 fully saturated rings. The predicted molar refractivity (Wildman–Crippen MR) is 131 cm³/mol. The molecular formula is C22H34IN5O2. The highest BCUT2D eigenvalue weighted by molar-refractivity contribution is 14.0. The first-order valence-corrected chi connectivity index (χ1v) is 10.8. The lowest BCUT2D eigenvalue weighted by molar-refractivity contribution is -0.122. The first-order valence-electron chi connectivity index (χ1n) is 10.8. The van der Waals surface area contributed by atoms with E-state index in [-0.39, 0.29) is 35.8 Å². The standard InChI is InChI=1S/C22H33N5O2.HI/c1-23-22(24-14-13-20(28)26-18-6-3-2-4-7-18)25-16-17-9-11-19(12-10-17)27-15-5-8-21(27)29;/h9-12,18H,2-8,13-16H2,1H3,(H,26,28)(H2,23,24,25);1H. The molecule has 3 rings (SSSR count). The van der Waals surface area contributed by atoms with E-state index in [0.29, 0.717) is 37.9 Å². The second-order valence-electron chi connectivity index (χ2n) is 7.82. The van der Waals surface area contributed by atoms with Crippen molar-refractivity contribution < 1.29 is 9.59 Å². The van der Waals surface area contributed by atoms with Gasteiger partial charge in [0, 0.05) is 51.3 Å². The molecule has 0 bridgehead atoms. The van der Waals surface area contributed by atoms with Crippen molar-refractivity contribution in [3.8, 4) is 0 Å². The normalized spacial score (nSPS) is 17.4. The van der Waals surface area contributed by atoms with Crippen LogP contribution in [0.25, 0.3) is 0 Å². The summed E-state index contributed by atoms with van der Waals surface area (Å²) in [4.78, 5) is 30.0. The number of amides is 2. The molecule has 2 amide bonds. The third-order valence-electron chi connectivity index (χ3n) is 5.62. The lowest BCUT2D eigenvalue weighted by Crippen LogP contribution is -2.41. The van der Waals surface area contributed by atoms with Gasteiger partial charge in [0.05, 0.1) is 0 Å². The fraction of sp³-hybridized carbons (Fsp3) is 0.591.